The summed E-state index contributed by atoms with van der Waals surface area (Å²) in [6.07, 6.45) is 7.59. The van der Waals surface area contributed by atoms with E-state index in [0.717, 1.165) is 18.5 Å². The molecule has 3 rings (SSSR count). The van der Waals surface area contributed by atoms with Crippen LogP contribution in [0.3, 0.4) is 0 Å². The first kappa shape index (κ1) is 9.60. The predicted molar refractivity (Wildman–Crippen MR) is 62.7 cm³/mol. The topological polar surface area (TPSA) is 42.1 Å². The van der Waals surface area contributed by atoms with Gasteiger partial charge in [-0.05, 0) is 31.6 Å². The van der Waals surface area contributed by atoms with E-state index >= 15 is 0 Å². The standard InChI is InChI=1S/C11H17N3S/c12-11-13-5-10(15-11)7-14(9-3-4-9)6-8-1-2-8/h5,8-9H,1-4,6-7H2,(H2,12,13). The minimum Gasteiger partial charge on any atom is -0.375 e. The van der Waals surface area contributed by atoms with Gasteiger partial charge in [0.1, 0.15) is 0 Å². The lowest BCUT2D eigenvalue weighted by molar-refractivity contribution is 0.246. The molecule has 2 saturated carbocycles. The Morgan fingerprint density at radius 3 is 2.73 bits per heavy atom. The van der Waals surface area contributed by atoms with Crippen molar-refractivity contribution in [2.45, 2.75) is 38.3 Å². The third-order valence-corrected chi connectivity index (χ3v) is 3.99. The molecule has 2 fully saturated rings. The number of nitrogens with zero attached hydrogens (tertiary/aromatic N) is 2. The smallest absolute Gasteiger partial charge is 0.180 e. The zero-order chi connectivity index (χ0) is 10.3. The Kier molecular flexibility index (Phi) is 2.41. The Bertz CT molecular complexity index is 341. The third-order valence-electron chi connectivity index (χ3n) is 3.18. The first-order valence-electron chi connectivity index (χ1n) is 5.75. The number of nitrogen functional groups attached to an aromatic ring is 1. The quantitative estimate of drug-likeness (QED) is 0.831. The maximum atomic E-state index is 5.65. The van der Waals surface area contributed by atoms with Crippen molar-refractivity contribution in [3.63, 3.8) is 0 Å². The van der Waals surface area contributed by atoms with Crippen LogP contribution in [0.25, 0.3) is 0 Å². The molecular formula is C11H17N3S. The van der Waals surface area contributed by atoms with Crippen LogP contribution in [-0.4, -0.2) is 22.5 Å². The molecule has 1 aromatic rings. The lowest BCUT2D eigenvalue weighted by Crippen LogP contribution is -2.27. The molecule has 0 spiro atoms. The number of thiazole rings is 1. The zero-order valence-electron chi connectivity index (χ0n) is 8.85. The molecule has 2 N–H and O–H groups in total. The van der Waals surface area contributed by atoms with Crippen molar-refractivity contribution in [3.05, 3.63) is 11.1 Å². The molecule has 0 saturated heterocycles. The van der Waals surface area contributed by atoms with Gasteiger partial charge in [0.15, 0.2) is 5.13 Å². The van der Waals surface area contributed by atoms with E-state index in [1.165, 1.54) is 37.1 Å². The van der Waals surface area contributed by atoms with Crippen molar-refractivity contribution in [2.75, 3.05) is 12.3 Å². The fourth-order valence-corrected chi connectivity index (χ4v) is 2.72. The van der Waals surface area contributed by atoms with E-state index in [0.29, 0.717) is 5.13 Å². The van der Waals surface area contributed by atoms with Gasteiger partial charge in [0.2, 0.25) is 0 Å². The Hall–Kier alpha value is -0.610. The highest BCUT2D eigenvalue weighted by molar-refractivity contribution is 7.15. The molecule has 3 nitrogen and oxygen atoms in total. The molecule has 82 valence electrons. The second-order valence-electron chi connectivity index (χ2n) is 4.77. The van der Waals surface area contributed by atoms with Crippen LogP contribution in [0.4, 0.5) is 5.13 Å². The SMILES string of the molecule is Nc1ncc(CN(CC2CC2)C2CC2)s1. The van der Waals surface area contributed by atoms with E-state index in [4.69, 9.17) is 5.73 Å². The van der Waals surface area contributed by atoms with Crippen LogP contribution in [-0.2, 0) is 6.54 Å². The Morgan fingerprint density at radius 1 is 1.40 bits per heavy atom. The number of aromatic nitrogens is 1. The Morgan fingerprint density at radius 2 is 2.20 bits per heavy atom. The molecule has 2 aliphatic rings. The average Bonchev–Trinajstić information content (AvgIpc) is 3.08. The van der Waals surface area contributed by atoms with Crippen LogP contribution in [0.2, 0.25) is 0 Å². The van der Waals surface area contributed by atoms with Crippen LogP contribution < -0.4 is 5.73 Å². The largest absolute Gasteiger partial charge is 0.375 e. The van der Waals surface area contributed by atoms with Crippen molar-refractivity contribution in [1.29, 1.82) is 0 Å². The molecule has 1 heterocycles. The Labute approximate surface area is 94.3 Å². The molecule has 1 aromatic heterocycles. The number of rotatable bonds is 5. The fraction of sp³-hybridized carbons (Fsp3) is 0.727. The van der Waals surface area contributed by atoms with Crippen molar-refractivity contribution in [2.24, 2.45) is 5.92 Å². The van der Waals surface area contributed by atoms with Crippen molar-refractivity contribution in [1.82, 2.24) is 9.88 Å². The second kappa shape index (κ2) is 3.76. The number of anilines is 1. The minimum absolute atomic E-state index is 0.701. The number of hydrogen-bond donors (Lipinski definition) is 1. The highest BCUT2D eigenvalue weighted by Gasteiger charge is 2.33. The van der Waals surface area contributed by atoms with Gasteiger partial charge in [0.05, 0.1) is 0 Å². The minimum atomic E-state index is 0.701. The second-order valence-corrected chi connectivity index (χ2v) is 5.92. The molecule has 15 heavy (non-hydrogen) atoms. The van der Waals surface area contributed by atoms with E-state index in [-0.39, 0.29) is 0 Å². The number of nitrogens with two attached hydrogens (primary N) is 1. The first-order valence-corrected chi connectivity index (χ1v) is 6.57. The molecule has 0 bridgehead atoms. The molecule has 0 aliphatic heterocycles. The summed E-state index contributed by atoms with van der Waals surface area (Å²) in [6.45, 7) is 2.36. The van der Waals surface area contributed by atoms with Gasteiger partial charge in [-0.25, -0.2) is 4.98 Å². The van der Waals surface area contributed by atoms with Gasteiger partial charge in [-0.3, -0.25) is 4.90 Å². The molecule has 0 amide bonds. The zero-order valence-corrected chi connectivity index (χ0v) is 9.67. The summed E-state index contributed by atoms with van der Waals surface area (Å²) < 4.78 is 0. The van der Waals surface area contributed by atoms with E-state index in [9.17, 15) is 0 Å². The third kappa shape index (κ3) is 2.49. The van der Waals surface area contributed by atoms with Gasteiger partial charge in [0.25, 0.3) is 0 Å². The van der Waals surface area contributed by atoms with Crippen molar-refractivity contribution >= 4 is 16.5 Å². The normalized spacial score (nSPS) is 21.1. The van der Waals surface area contributed by atoms with Crippen LogP contribution in [0.1, 0.15) is 30.6 Å². The molecule has 2 aliphatic carbocycles. The summed E-state index contributed by atoms with van der Waals surface area (Å²) >= 11 is 1.63. The van der Waals surface area contributed by atoms with E-state index in [2.05, 4.69) is 9.88 Å². The fourth-order valence-electron chi connectivity index (χ4n) is 2.01. The first-order chi connectivity index (χ1) is 7.31. The van der Waals surface area contributed by atoms with E-state index < -0.39 is 0 Å². The monoisotopic (exact) mass is 223 g/mol. The summed E-state index contributed by atoms with van der Waals surface area (Å²) in [5.41, 5.74) is 5.65. The van der Waals surface area contributed by atoms with Crippen LogP contribution >= 0.6 is 11.3 Å². The van der Waals surface area contributed by atoms with Gasteiger partial charge < -0.3 is 5.73 Å². The summed E-state index contributed by atoms with van der Waals surface area (Å²) in [5, 5.41) is 0.701. The highest BCUT2D eigenvalue weighted by atomic mass is 32.1. The lowest BCUT2D eigenvalue weighted by atomic mass is 10.3. The van der Waals surface area contributed by atoms with Crippen LogP contribution in [0.5, 0.6) is 0 Å². The molecule has 0 aromatic carbocycles. The molecular weight excluding hydrogens is 206 g/mol. The van der Waals surface area contributed by atoms with Crippen molar-refractivity contribution < 1.29 is 0 Å². The van der Waals surface area contributed by atoms with Crippen LogP contribution in [0, 0.1) is 5.92 Å². The molecule has 0 radical (unpaired) electrons. The molecule has 4 heteroatoms. The summed E-state index contributed by atoms with van der Waals surface area (Å²) in [6, 6.07) is 0.855. The predicted octanol–water partition coefficient (Wildman–Crippen LogP) is 2.10. The maximum absolute atomic E-state index is 5.65. The van der Waals surface area contributed by atoms with Gasteiger partial charge in [-0.2, -0.15) is 0 Å². The molecule has 0 atom stereocenters. The summed E-state index contributed by atoms with van der Waals surface area (Å²) in [5.74, 6) is 0.982. The Balaban J connectivity index is 1.61. The van der Waals surface area contributed by atoms with Crippen molar-refractivity contribution in [3.8, 4) is 0 Å². The van der Waals surface area contributed by atoms with Gasteiger partial charge in [-0.15, -0.1) is 11.3 Å². The summed E-state index contributed by atoms with van der Waals surface area (Å²) in [4.78, 5) is 8.06. The highest BCUT2D eigenvalue weighted by Crippen LogP contribution is 2.36. The summed E-state index contributed by atoms with van der Waals surface area (Å²) in [7, 11) is 0. The molecule has 0 unspecified atom stereocenters. The number of hydrogen-bond acceptors (Lipinski definition) is 4. The van der Waals surface area contributed by atoms with E-state index in [1.807, 2.05) is 6.20 Å². The van der Waals surface area contributed by atoms with Gasteiger partial charge in [-0.1, -0.05) is 0 Å². The van der Waals surface area contributed by atoms with Crippen LogP contribution in [0.15, 0.2) is 6.20 Å². The van der Waals surface area contributed by atoms with Gasteiger partial charge in [0, 0.05) is 30.2 Å². The average molecular weight is 223 g/mol. The van der Waals surface area contributed by atoms with E-state index in [1.54, 1.807) is 11.3 Å². The van der Waals surface area contributed by atoms with Gasteiger partial charge >= 0.3 is 0 Å². The lowest BCUT2D eigenvalue weighted by Gasteiger charge is -2.20. The maximum Gasteiger partial charge on any atom is 0.180 e.